The van der Waals surface area contributed by atoms with Crippen LogP contribution in [-0.2, 0) is 4.43 Å². The Morgan fingerprint density at radius 1 is 1.50 bits per heavy atom. The molecule has 0 aromatic heterocycles. The fourth-order valence-corrected chi connectivity index (χ4v) is 1.03. The minimum Gasteiger partial charge on any atom is -0.425 e. The molecule has 0 fully saturated rings. The second kappa shape index (κ2) is 4.10. The first-order chi connectivity index (χ1) is 3.72. The summed E-state index contributed by atoms with van der Waals surface area (Å²) in [6.45, 7) is 6.56. The number of hydrogen-bond acceptors (Lipinski definition) is 1. The summed E-state index contributed by atoms with van der Waals surface area (Å²) in [5.74, 6) is 0.729. The Kier molecular flexibility index (Phi) is 4.19. The molecule has 1 nitrogen and oxygen atoms in total. The standard InChI is InChI=1S/C6H16OSi/c1-4-5(2)6(3)7-8/h5-6H,4H2,1-3,8H3. The van der Waals surface area contributed by atoms with Gasteiger partial charge in [0.05, 0.1) is 0 Å². The molecule has 0 radical (unpaired) electrons. The summed E-state index contributed by atoms with van der Waals surface area (Å²) in [4.78, 5) is 0. The van der Waals surface area contributed by atoms with Gasteiger partial charge in [0.1, 0.15) is 10.5 Å². The molecule has 0 aliphatic heterocycles. The molecule has 0 bridgehead atoms. The summed E-state index contributed by atoms with van der Waals surface area (Å²) in [5.41, 5.74) is 0. The molecule has 50 valence electrons. The highest BCUT2D eigenvalue weighted by atomic mass is 28.2. The van der Waals surface area contributed by atoms with Gasteiger partial charge in [-0.3, -0.25) is 0 Å². The molecule has 0 aliphatic carbocycles. The van der Waals surface area contributed by atoms with Gasteiger partial charge in [0.2, 0.25) is 0 Å². The summed E-state index contributed by atoms with van der Waals surface area (Å²) in [6.07, 6.45) is 1.70. The summed E-state index contributed by atoms with van der Waals surface area (Å²) >= 11 is 0. The molecule has 2 heteroatoms. The molecule has 0 rings (SSSR count). The largest absolute Gasteiger partial charge is 0.425 e. The zero-order valence-corrected chi connectivity index (χ0v) is 8.27. The van der Waals surface area contributed by atoms with Crippen molar-refractivity contribution in [1.82, 2.24) is 0 Å². The van der Waals surface area contributed by atoms with Crippen molar-refractivity contribution in [2.45, 2.75) is 33.3 Å². The van der Waals surface area contributed by atoms with Crippen molar-refractivity contribution < 1.29 is 4.43 Å². The Morgan fingerprint density at radius 2 is 2.00 bits per heavy atom. The van der Waals surface area contributed by atoms with Gasteiger partial charge < -0.3 is 4.43 Å². The minimum atomic E-state index is 0.478. The van der Waals surface area contributed by atoms with Crippen molar-refractivity contribution in [2.75, 3.05) is 0 Å². The Balaban J connectivity index is 3.29. The molecule has 0 saturated carbocycles. The quantitative estimate of drug-likeness (QED) is 0.514. The Hall–Kier alpha value is 0.177. The monoisotopic (exact) mass is 132 g/mol. The van der Waals surface area contributed by atoms with Crippen molar-refractivity contribution in [3.63, 3.8) is 0 Å². The van der Waals surface area contributed by atoms with Crippen LogP contribution >= 0.6 is 0 Å². The van der Waals surface area contributed by atoms with Crippen LogP contribution in [0.2, 0.25) is 0 Å². The second-order valence-corrected chi connectivity index (χ2v) is 2.80. The van der Waals surface area contributed by atoms with Crippen LogP contribution in [0.4, 0.5) is 0 Å². The summed E-state index contributed by atoms with van der Waals surface area (Å²) in [5, 5.41) is 0. The molecule has 0 amide bonds. The summed E-state index contributed by atoms with van der Waals surface area (Å²) < 4.78 is 5.24. The average Bonchev–Trinajstić information content (AvgIpc) is 1.84. The van der Waals surface area contributed by atoms with Crippen LogP contribution in [-0.4, -0.2) is 16.6 Å². The van der Waals surface area contributed by atoms with Gasteiger partial charge in [-0.1, -0.05) is 20.3 Å². The molecule has 2 unspecified atom stereocenters. The SMILES string of the molecule is CCC(C)C(C)O[SiH3]. The van der Waals surface area contributed by atoms with Crippen molar-refractivity contribution >= 4 is 10.5 Å². The molecule has 0 spiro atoms. The maximum absolute atomic E-state index is 5.24. The zero-order chi connectivity index (χ0) is 6.57. The van der Waals surface area contributed by atoms with E-state index in [1.54, 1.807) is 0 Å². The highest BCUT2D eigenvalue weighted by Crippen LogP contribution is 2.08. The Morgan fingerprint density at radius 3 is 2.12 bits per heavy atom. The lowest BCUT2D eigenvalue weighted by Crippen LogP contribution is -2.15. The maximum Gasteiger partial charge on any atom is 0.146 e. The number of rotatable bonds is 3. The van der Waals surface area contributed by atoms with Gasteiger partial charge in [-0.25, -0.2) is 0 Å². The van der Waals surface area contributed by atoms with Gasteiger partial charge in [0.15, 0.2) is 0 Å². The van der Waals surface area contributed by atoms with Crippen LogP contribution in [0.25, 0.3) is 0 Å². The van der Waals surface area contributed by atoms with Gasteiger partial charge in [0.25, 0.3) is 0 Å². The second-order valence-electron chi connectivity index (χ2n) is 2.33. The Bertz CT molecular complexity index is 48.5. The highest BCUT2D eigenvalue weighted by Gasteiger charge is 2.05. The molecule has 0 saturated heterocycles. The minimum absolute atomic E-state index is 0.478. The van der Waals surface area contributed by atoms with Crippen LogP contribution in [0.5, 0.6) is 0 Å². The predicted molar refractivity (Wildman–Crippen MR) is 39.9 cm³/mol. The molecule has 0 N–H and O–H groups in total. The first-order valence-corrected chi connectivity index (χ1v) is 4.06. The lowest BCUT2D eigenvalue weighted by atomic mass is 10.0. The van der Waals surface area contributed by atoms with Gasteiger partial charge in [-0.2, -0.15) is 0 Å². The fraction of sp³-hybridized carbons (Fsp3) is 1.00. The molecule has 0 heterocycles. The summed E-state index contributed by atoms with van der Waals surface area (Å²) in [7, 11) is 0.875. The zero-order valence-electron chi connectivity index (χ0n) is 6.27. The molecule has 0 aromatic carbocycles. The van der Waals surface area contributed by atoms with Crippen LogP contribution in [0, 0.1) is 5.92 Å². The lowest BCUT2D eigenvalue weighted by molar-refractivity contribution is 0.173. The van der Waals surface area contributed by atoms with Crippen LogP contribution in [0.15, 0.2) is 0 Å². The van der Waals surface area contributed by atoms with Crippen molar-refractivity contribution in [3.05, 3.63) is 0 Å². The van der Waals surface area contributed by atoms with Crippen LogP contribution < -0.4 is 0 Å². The van der Waals surface area contributed by atoms with Gasteiger partial charge >= 0.3 is 0 Å². The first kappa shape index (κ1) is 8.18. The van der Waals surface area contributed by atoms with E-state index in [1.165, 1.54) is 6.42 Å². The van der Waals surface area contributed by atoms with Crippen molar-refractivity contribution in [1.29, 1.82) is 0 Å². The van der Waals surface area contributed by atoms with E-state index in [-0.39, 0.29) is 0 Å². The molecule has 2 atom stereocenters. The van der Waals surface area contributed by atoms with Crippen LogP contribution in [0.3, 0.4) is 0 Å². The third kappa shape index (κ3) is 2.48. The van der Waals surface area contributed by atoms with E-state index in [2.05, 4.69) is 20.8 Å². The Labute approximate surface area is 55.0 Å². The molecular formula is C6H16OSi. The average molecular weight is 132 g/mol. The van der Waals surface area contributed by atoms with E-state index >= 15 is 0 Å². The normalized spacial score (nSPS) is 18.4. The third-order valence-corrected chi connectivity index (χ3v) is 2.56. The van der Waals surface area contributed by atoms with Crippen molar-refractivity contribution in [2.24, 2.45) is 5.92 Å². The number of hydrogen-bond donors (Lipinski definition) is 0. The van der Waals surface area contributed by atoms with E-state index in [4.69, 9.17) is 4.43 Å². The van der Waals surface area contributed by atoms with Gasteiger partial charge in [-0.05, 0) is 12.8 Å². The highest BCUT2D eigenvalue weighted by molar-refractivity contribution is 5.98. The predicted octanol–water partition coefficient (Wildman–Crippen LogP) is 0.718. The fourth-order valence-electron chi connectivity index (χ4n) is 0.564. The van der Waals surface area contributed by atoms with E-state index in [9.17, 15) is 0 Å². The van der Waals surface area contributed by atoms with E-state index in [0.29, 0.717) is 6.10 Å². The molecule has 8 heavy (non-hydrogen) atoms. The van der Waals surface area contributed by atoms with Gasteiger partial charge in [0, 0.05) is 6.10 Å². The molecule has 0 aromatic rings. The van der Waals surface area contributed by atoms with E-state index < -0.39 is 0 Å². The van der Waals surface area contributed by atoms with Gasteiger partial charge in [-0.15, -0.1) is 0 Å². The smallest absolute Gasteiger partial charge is 0.146 e. The maximum atomic E-state index is 5.24. The first-order valence-electron chi connectivity index (χ1n) is 3.25. The lowest BCUT2D eigenvalue weighted by Gasteiger charge is -2.16. The third-order valence-electron chi connectivity index (χ3n) is 1.82. The topological polar surface area (TPSA) is 9.23 Å². The molecular weight excluding hydrogens is 116 g/mol. The van der Waals surface area contributed by atoms with E-state index in [1.807, 2.05) is 0 Å². The van der Waals surface area contributed by atoms with E-state index in [0.717, 1.165) is 16.4 Å². The molecule has 0 aliphatic rings. The summed E-state index contributed by atoms with van der Waals surface area (Å²) in [6, 6.07) is 0. The van der Waals surface area contributed by atoms with Crippen LogP contribution in [0.1, 0.15) is 27.2 Å². The van der Waals surface area contributed by atoms with Crippen molar-refractivity contribution in [3.8, 4) is 0 Å².